The van der Waals surface area contributed by atoms with E-state index in [1.807, 2.05) is 25.4 Å². The largest absolute Gasteiger partial charge is 0.493 e. The van der Waals surface area contributed by atoms with Crippen molar-refractivity contribution in [1.82, 2.24) is 10.2 Å². The molecular formula is C15H23ClN2O3S. The highest BCUT2D eigenvalue weighted by Crippen LogP contribution is 2.35. The van der Waals surface area contributed by atoms with Crippen molar-refractivity contribution in [2.75, 3.05) is 40.6 Å². The fourth-order valence-corrected chi connectivity index (χ4v) is 2.93. The molecule has 0 spiro atoms. The van der Waals surface area contributed by atoms with E-state index in [1.54, 1.807) is 30.9 Å². The monoisotopic (exact) mass is 346 g/mol. The number of nitrogens with one attached hydrogen (secondary N) is 1. The van der Waals surface area contributed by atoms with Crippen molar-refractivity contribution in [3.8, 4) is 11.5 Å². The summed E-state index contributed by atoms with van der Waals surface area (Å²) in [6, 6.07) is 3.91. The third-order valence-electron chi connectivity index (χ3n) is 3.70. The molecule has 1 aromatic carbocycles. The molecule has 0 bridgehead atoms. The van der Waals surface area contributed by atoms with Crippen LogP contribution in [0.4, 0.5) is 0 Å². The third-order valence-corrected chi connectivity index (χ3v) is 4.52. The van der Waals surface area contributed by atoms with E-state index in [0.717, 1.165) is 23.5 Å². The third kappa shape index (κ3) is 4.00. The number of ether oxygens (including phenoxy) is 2. The van der Waals surface area contributed by atoms with Gasteiger partial charge in [0.1, 0.15) is 0 Å². The molecular weight excluding hydrogens is 324 g/mol. The van der Waals surface area contributed by atoms with Gasteiger partial charge < -0.3 is 19.7 Å². The van der Waals surface area contributed by atoms with Crippen LogP contribution >= 0.6 is 24.2 Å². The van der Waals surface area contributed by atoms with Gasteiger partial charge in [0.2, 0.25) is 5.91 Å². The van der Waals surface area contributed by atoms with Crippen molar-refractivity contribution < 1.29 is 14.3 Å². The number of amides is 1. The van der Waals surface area contributed by atoms with Crippen molar-refractivity contribution >= 4 is 30.1 Å². The Labute approximate surface area is 142 Å². The van der Waals surface area contributed by atoms with Crippen molar-refractivity contribution in [3.05, 3.63) is 17.7 Å². The second-order valence-corrected chi connectivity index (χ2v) is 5.92. The van der Waals surface area contributed by atoms with Crippen LogP contribution in [0.5, 0.6) is 11.5 Å². The zero-order chi connectivity index (χ0) is 15.4. The maximum Gasteiger partial charge on any atom is 0.228 e. The minimum Gasteiger partial charge on any atom is -0.493 e. The highest BCUT2D eigenvalue weighted by Gasteiger charge is 2.28. The number of hydrogen-bond donors (Lipinski definition) is 1. The Morgan fingerprint density at radius 2 is 1.91 bits per heavy atom. The summed E-state index contributed by atoms with van der Waals surface area (Å²) in [5.74, 6) is 1.71. The van der Waals surface area contributed by atoms with Gasteiger partial charge >= 0.3 is 0 Å². The molecule has 0 aromatic heterocycles. The molecule has 0 unspecified atom stereocenters. The summed E-state index contributed by atoms with van der Waals surface area (Å²) < 4.78 is 10.7. The minimum atomic E-state index is 0. The van der Waals surface area contributed by atoms with Gasteiger partial charge in [-0.15, -0.1) is 24.2 Å². The van der Waals surface area contributed by atoms with E-state index >= 15 is 0 Å². The zero-order valence-corrected chi connectivity index (χ0v) is 15.0. The number of rotatable bonds is 6. The average molecular weight is 347 g/mol. The van der Waals surface area contributed by atoms with Crippen LogP contribution in [0.1, 0.15) is 5.56 Å². The molecule has 22 heavy (non-hydrogen) atoms. The van der Waals surface area contributed by atoms with E-state index < -0.39 is 0 Å². The van der Waals surface area contributed by atoms with Crippen LogP contribution in [0.3, 0.4) is 0 Å². The number of nitrogens with zero attached hydrogens (tertiary/aromatic N) is 1. The van der Waals surface area contributed by atoms with E-state index in [0.29, 0.717) is 18.0 Å². The van der Waals surface area contributed by atoms with E-state index in [2.05, 4.69) is 5.32 Å². The highest BCUT2D eigenvalue weighted by atomic mass is 35.5. The van der Waals surface area contributed by atoms with Gasteiger partial charge in [0.15, 0.2) is 11.5 Å². The predicted octanol–water partition coefficient (Wildman–Crippen LogP) is 2.03. The van der Waals surface area contributed by atoms with Crippen LogP contribution in [0.2, 0.25) is 0 Å². The normalized spacial score (nSPS) is 13.8. The summed E-state index contributed by atoms with van der Waals surface area (Å²) in [5, 5.41) is 3.13. The molecule has 1 heterocycles. The Balaban J connectivity index is 0.00000242. The van der Waals surface area contributed by atoms with Gasteiger partial charge in [-0.2, -0.15) is 0 Å². The number of carbonyl (C=O) groups excluding carboxylic acids is 1. The van der Waals surface area contributed by atoms with Gasteiger partial charge in [-0.1, -0.05) is 0 Å². The Bertz CT molecular complexity index is 524. The first-order valence-corrected chi connectivity index (χ1v) is 8.07. The summed E-state index contributed by atoms with van der Waals surface area (Å²) in [6.07, 6.45) is 2.02. The first-order chi connectivity index (χ1) is 10.1. The molecule has 5 nitrogen and oxygen atoms in total. The van der Waals surface area contributed by atoms with Crippen LogP contribution in [0, 0.1) is 5.92 Å². The molecule has 1 aliphatic heterocycles. The van der Waals surface area contributed by atoms with Crippen LogP contribution in [0.25, 0.3) is 0 Å². The smallest absolute Gasteiger partial charge is 0.228 e. The molecule has 2 rings (SSSR count). The van der Waals surface area contributed by atoms with Crippen LogP contribution in [0.15, 0.2) is 17.0 Å². The zero-order valence-electron chi connectivity index (χ0n) is 13.3. The molecule has 1 aromatic rings. The van der Waals surface area contributed by atoms with Gasteiger partial charge in [0, 0.05) is 31.6 Å². The van der Waals surface area contributed by atoms with Gasteiger partial charge in [-0.3, -0.25) is 4.79 Å². The SMILES string of the molecule is COc1cc(CN(C)C(=O)C2CNC2)c(SC)cc1OC.Cl. The van der Waals surface area contributed by atoms with E-state index in [9.17, 15) is 4.79 Å². The fourth-order valence-electron chi connectivity index (χ4n) is 2.32. The molecule has 0 atom stereocenters. The standard InChI is InChI=1S/C15H22N2O3S.ClH/c1-17(15(18)11-7-16-8-11)9-10-5-12(19-2)13(20-3)6-14(10)21-4;/h5-6,11,16H,7-9H2,1-4H3;1H. The van der Waals surface area contributed by atoms with Crippen molar-refractivity contribution in [2.45, 2.75) is 11.4 Å². The number of halogens is 1. The minimum absolute atomic E-state index is 0. The van der Waals surface area contributed by atoms with Gasteiger partial charge in [0.05, 0.1) is 20.1 Å². The molecule has 1 fully saturated rings. The van der Waals surface area contributed by atoms with Crippen molar-refractivity contribution in [2.24, 2.45) is 5.92 Å². The summed E-state index contributed by atoms with van der Waals surface area (Å²) in [4.78, 5) is 15.1. The lowest BCUT2D eigenvalue weighted by molar-refractivity contribution is -0.136. The van der Waals surface area contributed by atoms with Crippen LogP contribution in [-0.2, 0) is 11.3 Å². The summed E-state index contributed by atoms with van der Waals surface area (Å²) in [5.41, 5.74) is 1.07. The van der Waals surface area contributed by atoms with Gasteiger partial charge in [-0.25, -0.2) is 0 Å². The molecule has 0 saturated carbocycles. The lowest BCUT2D eigenvalue weighted by atomic mass is 10.0. The predicted molar refractivity (Wildman–Crippen MR) is 91.4 cm³/mol. The molecule has 1 saturated heterocycles. The number of carbonyl (C=O) groups is 1. The van der Waals surface area contributed by atoms with E-state index in [1.165, 1.54) is 0 Å². The Morgan fingerprint density at radius 1 is 1.32 bits per heavy atom. The van der Waals surface area contributed by atoms with Gasteiger partial charge in [0.25, 0.3) is 0 Å². The van der Waals surface area contributed by atoms with Crippen molar-refractivity contribution in [1.29, 1.82) is 0 Å². The Hall–Kier alpha value is -1.11. The Kier molecular flexibility index (Phi) is 7.32. The van der Waals surface area contributed by atoms with Crippen LogP contribution < -0.4 is 14.8 Å². The first kappa shape index (κ1) is 18.9. The molecule has 124 valence electrons. The fraction of sp³-hybridized carbons (Fsp3) is 0.533. The summed E-state index contributed by atoms with van der Waals surface area (Å²) >= 11 is 1.64. The lowest BCUT2D eigenvalue weighted by Gasteiger charge is -2.30. The summed E-state index contributed by atoms with van der Waals surface area (Å²) in [7, 11) is 5.09. The van der Waals surface area contributed by atoms with E-state index in [-0.39, 0.29) is 24.2 Å². The average Bonchev–Trinajstić information content (AvgIpc) is 2.44. The number of hydrogen-bond acceptors (Lipinski definition) is 5. The topological polar surface area (TPSA) is 50.8 Å². The highest BCUT2D eigenvalue weighted by molar-refractivity contribution is 7.98. The number of methoxy groups -OCH3 is 2. The van der Waals surface area contributed by atoms with E-state index in [4.69, 9.17) is 9.47 Å². The second kappa shape index (κ2) is 8.50. The first-order valence-electron chi connectivity index (χ1n) is 6.85. The van der Waals surface area contributed by atoms with Crippen molar-refractivity contribution in [3.63, 3.8) is 0 Å². The maximum atomic E-state index is 12.2. The quantitative estimate of drug-likeness (QED) is 0.799. The van der Waals surface area contributed by atoms with Crippen LogP contribution in [-0.4, -0.2) is 51.4 Å². The van der Waals surface area contributed by atoms with Gasteiger partial charge in [-0.05, 0) is 24.0 Å². The Morgan fingerprint density at radius 3 is 2.36 bits per heavy atom. The maximum absolute atomic E-state index is 12.2. The molecule has 1 amide bonds. The second-order valence-electron chi connectivity index (χ2n) is 5.07. The lowest BCUT2D eigenvalue weighted by Crippen LogP contribution is -2.51. The molecule has 1 N–H and O–H groups in total. The summed E-state index contributed by atoms with van der Waals surface area (Å²) in [6.45, 7) is 2.14. The molecule has 0 aliphatic carbocycles. The molecule has 7 heteroatoms. The number of thioether (sulfide) groups is 1. The molecule has 1 aliphatic rings. The number of benzene rings is 1. The molecule has 0 radical (unpaired) electrons.